The monoisotopic (exact) mass is 357 g/mol. The molecule has 2 heterocycles. The van der Waals surface area contributed by atoms with Gasteiger partial charge in [0.2, 0.25) is 5.91 Å². The summed E-state index contributed by atoms with van der Waals surface area (Å²) in [6.07, 6.45) is 6.87. The molecule has 0 spiro atoms. The Morgan fingerprint density at radius 3 is 2.96 bits per heavy atom. The van der Waals surface area contributed by atoms with Crippen LogP contribution in [-0.4, -0.2) is 62.3 Å². The van der Waals surface area contributed by atoms with Crippen molar-refractivity contribution in [2.45, 2.75) is 56.7 Å². The average molecular weight is 357 g/mol. The van der Waals surface area contributed by atoms with Crippen molar-refractivity contribution in [1.29, 1.82) is 0 Å². The summed E-state index contributed by atoms with van der Waals surface area (Å²) in [4.78, 5) is 17.2. The highest BCUT2D eigenvalue weighted by atomic mass is 16.5. The van der Waals surface area contributed by atoms with Crippen LogP contribution in [0.3, 0.4) is 0 Å². The van der Waals surface area contributed by atoms with E-state index in [2.05, 4.69) is 28.4 Å². The Hall–Kier alpha value is -1.43. The first-order chi connectivity index (χ1) is 12.8. The van der Waals surface area contributed by atoms with Gasteiger partial charge in [-0.1, -0.05) is 24.6 Å². The first kappa shape index (κ1) is 18.0. The number of anilines is 1. The summed E-state index contributed by atoms with van der Waals surface area (Å²) in [7, 11) is 1.82. The molecular weight excluding hydrogens is 326 g/mol. The number of para-hydroxylation sites is 1. The van der Waals surface area contributed by atoms with E-state index >= 15 is 0 Å². The van der Waals surface area contributed by atoms with Crippen LogP contribution in [0, 0.1) is 0 Å². The number of benzene rings is 1. The van der Waals surface area contributed by atoms with E-state index in [9.17, 15) is 4.79 Å². The lowest BCUT2D eigenvalue weighted by molar-refractivity contribution is -0.118. The van der Waals surface area contributed by atoms with Crippen LogP contribution in [0.5, 0.6) is 0 Å². The zero-order valence-electron chi connectivity index (χ0n) is 15.8. The van der Waals surface area contributed by atoms with Crippen molar-refractivity contribution in [2.75, 3.05) is 38.2 Å². The molecular formula is C21H31N3O2. The zero-order chi connectivity index (χ0) is 17.9. The number of nitrogens with zero attached hydrogens (tertiary/aromatic N) is 2. The fourth-order valence-corrected chi connectivity index (χ4v) is 4.96. The van der Waals surface area contributed by atoms with E-state index in [1.807, 2.05) is 18.1 Å². The van der Waals surface area contributed by atoms with Crippen molar-refractivity contribution in [3.63, 3.8) is 0 Å². The second-order valence-corrected chi connectivity index (χ2v) is 7.87. The van der Waals surface area contributed by atoms with E-state index < -0.39 is 0 Å². The van der Waals surface area contributed by atoms with Crippen LogP contribution >= 0.6 is 0 Å². The van der Waals surface area contributed by atoms with Crippen LogP contribution in [0.15, 0.2) is 24.3 Å². The normalized spacial score (nSPS) is 28.7. The molecule has 1 saturated carbocycles. The van der Waals surface area contributed by atoms with Crippen molar-refractivity contribution in [3.05, 3.63) is 29.8 Å². The number of nitrogens with one attached hydrogen (secondary N) is 1. The lowest BCUT2D eigenvalue weighted by Gasteiger charge is -2.30. The van der Waals surface area contributed by atoms with Gasteiger partial charge in [-0.05, 0) is 37.3 Å². The van der Waals surface area contributed by atoms with Crippen LogP contribution in [0.4, 0.5) is 5.69 Å². The van der Waals surface area contributed by atoms with Gasteiger partial charge in [-0.2, -0.15) is 0 Å². The third kappa shape index (κ3) is 3.66. The fourth-order valence-electron chi connectivity index (χ4n) is 4.96. The van der Waals surface area contributed by atoms with Gasteiger partial charge in [0.05, 0.1) is 6.10 Å². The summed E-state index contributed by atoms with van der Waals surface area (Å²) in [5, 5.41) is 3.69. The van der Waals surface area contributed by atoms with E-state index in [1.54, 1.807) is 0 Å². The van der Waals surface area contributed by atoms with Gasteiger partial charge in [-0.15, -0.1) is 0 Å². The second kappa shape index (κ2) is 8.07. The van der Waals surface area contributed by atoms with Crippen molar-refractivity contribution in [3.8, 4) is 0 Å². The lowest BCUT2D eigenvalue weighted by Crippen LogP contribution is -2.47. The molecule has 142 valence electrons. The third-order valence-electron chi connectivity index (χ3n) is 6.39. The molecule has 2 aliphatic heterocycles. The van der Waals surface area contributed by atoms with Crippen LogP contribution in [-0.2, 0) is 16.0 Å². The maximum atomic E-state index is 12.7. The molecule has 0 radical (unpaired) electrons. The van der Waals surface area contributed by atoms with Crippen molar-refractivity contribution in [2.24, 2.45) is 0 Å². The van der Waals surface area contributed by atoms with Gasteiger partial charge in [-0.25, -0.2) is 0 Å². The highest BCUT2D eigenvalue weighted by Crippen LogP contribution is 2.29. The Morgan fingerprint density at radius 2 is 2.12 bits per heavy atom. The number of rotatable bonds is 6. The van der Waals surface area contributed by atoms with Crippen LogP contribution in [0.1, 0.15) is 37.7 Å². The van der Waals surface area contributed by atoms with Gasteiger partial charge in [-0.3, -0.25) is 9.69 Å². The highest BCUT2D eigenvalue weighted by Gasteiger charge is 2.36. The molecule has 5 heteroatoms. The minimum absolute atomic E-state index is 0.248. The average Bonchev–Trinajstić information content (AvgIpc) is 3.40. The van der Waals surface area contributed by atoms with E-state index in [-0.39, 0.29) is 5.91 Å². The molecule has 1 amide bonds. The van der Waals surface area contributed by atoms with E-state index in [4.69, 9.17) is 4.74 Å². The molecule has 3 aliphatic rings. The largest absolute Gasteiger partial charge is 0.380 e. The Bertz CT molecular complexity index is 635. The predicted octanol–water partition coefficient (Wildman–Crippen LogP) is 2.20. The molecule has 2 fully saturated rings. The van der Waals surface area contributed by atoms with Gasteiger partial charge in [0.15, 0.2) is 0 Å². The minimum atomic E-state index is 0.248. The Kier molecular flexibility index (Phi) is 5.57. The molecule has 1 saturated heterocycles. The number of amides is 1. The molecule has 3 atom stereocenters. The number of likely N-dealkylation sites (tertiary alicyclic amines) is 1. The number of hydrogen-bond acceptors (Lipinski definition) is 4. The minimum Gasteiger partial charge on any atom is -0.380 e. The number of hydrogen-bond donors (Lipinski definition) is 1. The molecule has 1 aromatic rings. The number of fused-ring (bicyclic) bond motifs is 1. The lowest BCUT2D eigenvalue weighted by atomic mass is 10.1. The summed E-state index contributed by atoms with van der Waals surface area (Å²) in [6.45, 7) is 3.81. The molecule has 1 aromatic carbocycles. The van der Waals surface area contributed by atoms with Crippen LogP contribution in [0.2, 0.25) is 0 Å². The quantitative estimate of drug-likeness (QED) is 0.848. The molecule has 26 heavy (non-hydrogen) atoms. The summed E-state index contributed by atoms with van der Waals surface area (Å²) < 4.78 is 5.52. The SMILES string of the molecule is COC1CCN([C@H]2CCC[C@H]2NCCC(=O)N2CCc3ccccc32)C1. The van der Waals surface area contributed by atoms with Gasteiger partial charge < -0.3 is 15.0 Å². The molecule has 1 unspecified atom stereocenters. The second-order valence-electron chi connectivity index (χ2n) is 7.87. The number of ether oxygens (including phenoxy) is 1. The molecule has 0 bridgehead atoms. The summed E-state index contributed by atoms with van der Waals surface area (Å²) in [5.74, 6) is 0.248. The Morgan fingerprint density at radius 1 is 1.23 bits per heavy atom. The van der Waals surface area contributed by atoms with E-state index in [0.29, 0.717) is 24.6 Å². The number of carbonyl (C=O) groups excluding carboxylic acids is 1. The molecule has 1 N–H and O–H groups in total. The first-order valence-electron chi connectivity index (χ1n) is 10.1. The third-order valence-corrected chi connectivity index (χ3v) is 6.39. The van der Waals surface area contributed by atoms with Crippen LogP contribution in [0.25, 0.3) is 0 Å². The Balaban J connectivity index is 1.26. The van der Waals surface area contributed by atoms with Crippen molar-refractivity contribution < 1.29 is 9.53 Å². The van der Waals surface area contributed by atoms with Gasteiger partial charge in [0.1, 0.15) is 0 Å². The fraction of sp³-hybridized carbons (Fsp3) is 0.667. The maximum Gasteiger partial charge on any atom is 0.228 e. The topological polar surface area (TPSA) is 44.8 Å². The van der Waals surface area contributed by atoms with Crippen LogP contribution < -0.4 is 10.2 Å². The van der Waals surface area contributed by atoms with E-state index in [0.717, 1.165) is 44.7 Å². The maximum absolute atomic E-state index is 12.7. The van der Waals surface area contributed by atoms with E-state index in [1.165, 1.54) is 24.8 Å². The van der Waals surface area contributed by atoms with Crippen molar-refractivity contribution >= 4 is 11.6 Å². The smallest absolute Gasteiger partial charge is 0.228 e. The van der Waals surface area contributed by atoms with Gasteiger partial charge in [0, 0.05) is 57.5 Å². The number of methoxy groups -OCH3 is 1. The Labute approximate surface area is 156 Å². The predicted molar refractivity (Wildman–Crippen MR) is 104 cm³/mol. The highest BCUT2D eigenvalue weighted by molar-refractivity contribution is 5.95. The first-order valence-corrected chi connectivity index (χ1v) is 10.1. The van der Waals surface area contributed by atoms with Gasteiger partial charge >= 0.3 is 0 Å². The molecule has 4 rings (SSSR count). The molecule has 5 nitrogen and oxygen atoms in total. The standard InChI is InChI=1S/C21H31N3O2/c1-26-17-11-13-23(15-17)20-8-4-6-18(20)22-12-9-21(25)24-14-10-16-5-2-3-7-19(16)24/h2-3,5,7,17-18,20,22H,4,6,8-15H2,1H3/t17?,18-,20+/m1/s1. The summed E-state index contributed by atoms with van der Waals surface area (Å²) >= 11 is 0. The zero-order valence-corrected chi connectivity index (χ0v) is 15.8. The molecule has 1 aliphatic carbocycles. The van der Waals surface area contributed by atoms with Crippen molar-refractivity contribution in [1.82, 2.24) is 10.2 Å². The van der Waals surface area contributed by atoms with Gasteiger partial charge in [0.25, 0.3) is 0 Å². The molecule has 0 aromatic heterocycles. The summed E-state index contributed by atoms with van der Waals surface area (Å²) in [5.41, 5.74) is 2.41. The number of carbonyl (C=O) groups is 1. The summed E-state index contributed by atoms with van der Waals surface area (Å²) in [6, 6.07) is 9.41.